The summed E-state index contributed by atoms with van der Waals surface area (Å²) >= 11 is 0. The van der Waals surface area contributed by atoms with Crippen LogP contribution < -0.4 is 21.1 Å². The van der Waals surface area contributed by atoms with Crippen LogP contribution in [0.4, 0.5) is 16.6 Å². The number of fused-ring (bicyclic) bond motifs is 1. The van der Waals surface area contributed by atoms with Crippen LogP contribution in [0.1, 0.15) is 70.9 Å². The van der Waals surface area contributed by atoms with Gasteiger partial charge in [0, 0.05) is 43.4 Å². The Morgan fingerprint density at radius 2 is 1.95 bits per heavy atom. The molecule has 0 bridgehead atoms. The van der Waals surface area contributed by atoms with Crippen molar-refractivity contribution in [2.75, 3.05) is 44.3 Å². The molecule has 0 radical (unpaired) electrons. The molecule has 228 valence electrons. The Labute approximate surface area is 249 Å². The summed E-state index contributed by atoms with van der Waals surface area (Å²) < 4.78 is 13.5. The predicted molar refractivity (Wildman–Crippen MR) is 167 cm³/mol. The van der Waals surface area contributed by atoms with Gasteiger partial charge in [0.15, 0.2) is 5.82 Å². The molecule has 1 spiro atoms. The molecule has 1 amide bonds. The molecule has 10 nitrogen and oxygen atoms in total. The Bertz CT molecular complexity index is 1380. The van der Waals surface area contributed by atoms with Crippen LogP contribution in [0, 0.1) is 11.3 Å². The van der Waals surface area contributed by atoms with Crippen LogP contribution in [-0.2, 0) is 17.8 Å². The first-order valence-corrected chi connectivity index (χ1v) is 15.3. The maximum atomic E-state index is 12.3. The van der Waals surface area contributed by atoms with Crippen molar-refractivity contribution in [3.8, 4) is 5.75 Å². The number of unbranched alkanes of at least 4 members (excludes halogenated alkanes) is 2. The minimum Gasteiger partial charge on any atom is -0.496 e. The van der Waals surface area contributed by atoms with Gasteiger partial charge in [0.2, 0.25) is 5.95 Å². The molecule has 0 atom stereocenters. The molecule has 3 heterocycles. The zero-order valence-corrected chi connectivity index (χ0v) is 25.8. The minimum absolute atomic E-state index is 0.186. The first-order valence-electron chi connectivity index (χ1n) is 15.3. The van der Waals surface area contributed by atoms with Crippen molar-refractivity contribution in [2.24, 2.45) is 11.3 Å². The lowest BCUT2D eigenvalue weighted by Crippen LogP contribution is -2.65. The lowest BCUT2D eigenvalue weighted by atomic mass is 9.58. The molecule has 5 rings (SSSR count). The van der Waals surface area contributed by atoms with E-state index in [-0.39, 0.29) is 12.0 Å². The van der Waals surface area contributed by atoms with E-state index in [1.54, 1.807) is 7.11 Å². The molecule has 42 heavy (non-hydrogen) atoms. The third-order valence-electron chi connectivity index (χ3n) is 8.30. The number of carbonyl (C=O) groups excluding carboxylic acids is 1. The number of methoxy groups -OCH3 is 1. The number of aromatic nitrogens is 3. The molecule has 2 aliphatic rings. The van der Waals surface area contributed by atoms with Crippen molar-refractivity contribution in [2.45, 2.75) is 78.5 Å². The lowest BCUT2D eigenvalue weighted by Gasteiger charge is -2.58. The minimum atomic E-state index is -0.442. The second-order valence-corrected chi connectivity index (χ2v) is 13.1. The monoisotopic (exact) mass is 577 g/mol. The highest BCUT2D eigenvalue weighted by Crippen LogP contribution is 2.51. The smallest absolute Gasteiger partial charge is 0.410 e. The average molecular weight is 578 g/mol. The summed E-state index contributed by atoms with van der Waals surface area (Å²) in [5.74, 6) is 2.56. The first-order chi connectivity index (χ1) is 20.1. The molecular formula is C32H47N7O3. The number of hydrogen-bond donors (Lipinski definition) is 3. The summed E-state index contributed by atoms with van der Waals surface area (Å²) in [6, 6.07) is 8.42. The van der Waals surface area contributed by atoms with Crippen LogP contribution in [-0.4, -0.2) is 64.4 Å². The van der Waals surface area contributed by atoms with E-state index in [1.165, 1.54) is 18.4 Å². The van der Waals surface area contributed by atoms with Gasteiger partial charge in [-0.2, -0.15) is 4.98 Å². The number of rotatable bonds is 12. The summed E-state index contributed by atoms with van der Waals surface area (Å²) in [7, 11) is 1.72. The molecule has 1 saturated heterocycles. The van der Waals surface area contributed by atoms with E-state index in [9.17, 15) is 4.79 Å². The van der Waals surface area contributed by atoms with Crippen molar-refractivity contribution >= 4 is 28.9 Å². The fourth-order valence-corrected chi connectivity index (χ4v) is 6.38. The fraction of sp³-hybridized carbons (Fsp3) is 0.594. The molecule has 1 aromatic carbocycles. The van der Waals surface area contributed by atoms with Crippen LogP contribution in [0.25, 0.3) is 11.0 Å². The van der Waals surface area contributed by atoms with Crippen LogP contribution in [0.15, 0.2) is 30.5 Å². The molecule has 2 fully saturated rings. The van der Waals surface area contributed by atoms with E-state index in [1.807, 2.05) is 37.9 Å². The topological polar surface area (TPSA) is 120 Å². The number of anilines is 2. The van der Waals surface area contributed by atoms with Gasteiger partial charge in [-0.05, 0) is 70.2 Å². The molecule has 1 saturated carbocycles. The zero-order valence-electron chi connectivity index (χ0n) is 25.8. The van der Waals surface area contributed by atoms with Crippen LogP contribution >= 0.6 is 0 Å². The van der Waals surface area contributed by atoms with Gasteiger partial charge >= 0.3 is 6.09 Å². The number of nitrogens with two attached hydrogens (primary N) is 1. The second kappa shape index (κ2) is 12.4. The number of benzene rings is 1. The summed E-state index contributed by atoms with van der Waals surface area (Å²) in [6.45, 7) is 12.8. The normalized spacial score (nSPS) is 16.4. The van der Waals surface area contributed by atoms with Gasteiger partial charge in [0.05, 0.1) is 19.2 Å². The van der Waals surface area contributed by atoms with Gasteiger partial charge in [0.25, 0.3) is 0 Å². The number of ether oxygens (including phenoxy) is 2. The molecular weight excluding hydrogens is 530 g/mol. The average Bonchev–Trinajstić information content (AvgIpc) is 3.28. The maximum absolute atomic E-state index is 12.3. The third kappa shape index (κ3) is 6.91. The van der Waals surface area contributed by atoms with Crippen LogP contribution in [0.3, 0.4) is 0 Å². The van der Waals surface area contributed by atoms with Crippen molar-refractivity contribution in [1.29, 1.82) is 0 Å². The van der Waals surface area contributed by atoms with Gasteiger partial charge in [-0.15, -0.1) is 0 Å². The van der Waals surface area contributed by atoms with Crippen molar-refractivity contribution in [3.05, 3.63) is 41.6 Å². The molecule has 1 aliphatic carbocycles. The number of likely N-dealkylation sites (tertiary alicyclic amines) is 1. The van der Waals surface area contributed by atoms with Gasteiger partial charge in [-0.1, -0.05) is 31.9 Å². The maximum Gasteiger partial charge on any atom is 0.410 e. The Kier molecular flexibility index (Phi) is 8.82. The van der Waals surface area contributed by atoms with E-state index in [2.05, 4.69) is 50.3 Å². The van der Waals surface area contributed by atoms with E-state index in [0.29, 0.717) is 17.9 Å². The number of hydrogen-bond acceptors (Lipinski definition) is 8. The summed E-state index contributed by atoms with van der Waals surface area (Å²) in [5, 5.41) is 7.10. The van der Waals surface area contributed by atoms with Crippen molar-refractivity contribution in [1.82, 2.24) is 24.8 Å². The van der Waals surface area contributed by atoms with Gasteiger partial charge < -0.3 is 35.3 Å². The number of amides is 1. The first kappa shape index (κ1) is 29.9. The molecule has 2 aromatic heterocycles. The Morgan fingerprint density at radius 1 is 1.17 bits per heavy atom. The van der Waals surface area contributed by atoms with Crippen molar-refractivity contribution in [3.63, 3.8) is 0 Å². The molecule has 4 N–H and O–H groups in total. The van der Waals surface area contributed by atoms with Crippen molar-refractivity contribution < 1.29 is 14.3 Å². The highest BCUT2D eigenvalue weighted by atomic mass is 16.6. The number of nitrogen functional groups attached to an aromatic ring is 1. The summed E-state index contributed by atoms with van der Waals surface area (Å²) in [6.07, 6.45) is 7.60. The van der Waals surface area contributed by atoms with Gasteiger partial charge in [0.1, 0.15) is 16.9 Å². The Morgan fingerprint density at radius 3 is 2.67 bits per heavy atom. The van der Waals surface area contributed by atoms with Gasteiger partial charge in [-0.3, -0.25) is 0 Å². The lowest BCUT2D eigenvalue weighted by molar-refractivity contribution is -0.0943. The number of nitrogens with zero attached hydrogens (tertiary/aromatic N) is 4. The standard InChI is InChI=1S/C32H47N7O3/c1-6-7-8-12-35-28-27-25(36-29(33)37-28)11-13-38(27)19-24-10-9-22(14-26(24)41-5)17-34-18-23-15-32(16-23)20-39(21-32)30(40)42-31(2,3)4/h9-11,13-14,23,34H,6-8,12,15-21H2,1-5H3,(H3,33,35,36,37). The van der Waals surface area contributed by atoms with Crippen LogP contribution in [0.2, 0.25) is 0 Å². The molecule has 3 aromatic rings. The molecule has 1 aliphatic heterocycles. The van der Waals surface area contributed by atoms with E-state index < -0.39 is 5.60 Å². The molecule has 0 unspecified atom stereocenters. The summed E-state index contributed by atoms with van der Waals surface area (Å²) in [5.41, 5.74) is 9.92. The van der Waals surface area contributed by atoms with Crippen LogP contribution in [0.5, 0.6) is 5.75 Å². The fourth-order valence-electron chi connectivity index (χ4n) is 6.38. The highest BCUT2D eigenvalue weighted by molar-refractivity contribution is 5.87. The quantitative estimate of drug-likeness (QED) is 0.245. The summed E-state index contributed by atoms with van der Waals surface area (Å²) in [4.78, 5) is 23.0. The largest absolute Gasteiger partial charge is 0.496 e. The number of carbonyl (C=O) groups is 1. The zero-order chi connectivity index (χ0) is 29.9. The van der Waals surface area contributed by atoms with Gasteiger partial charge in [-0.25, -0.2) is 9.78 Å². The van der Waals surface area contributed by atoms with E-state index in [4.69, 9.17) is 15.2 Å². The Balaban J connectivity index is 1.13. The molecule has 10 heteroatoms. The third-order valence-corrected chi connectivity index (χ3v) is 8.30. The second-order valence-electron chi connectivity index (χ2n) is 13.1. The Hall–Kier alpha value is -3.53. The van der Waals surface area contributed by atoms with E-state index in [0.717, 1.165) is 80.2 Å². The SMILES string of the molecule is CCCCCNc1nc(N)nc2ccn(Cc3ccc(CNCC4CC5(C4)CN(C(=O)OC(C)(C)C)C5)cc3OC)c12. The highest BCUT2D eigenvalue weighted by Gasteiger charge is 2.54. The number of nitrogens with one attached hydrogen (secondary N) is 2. The van der Waals surface area contributed by atoms with E-state index >= 15 is 0 Å². The predicted octanol–water partition coefficient (Wildman–Crippen LogP) is 5.41.